The molecule has 0 aliphatic carbocycles. The lowest BCUT2D eigenvalue weighted by Crippen LogP contribution is -2.45. The summed E-state index contributed by atoms with van der Waals surface area (Å²) >= 11 is 1.57. The standard InChI is InChI=1S/C18H21N3O2S/c1-12-5-3-6-14(9-12)18(23)21-8-4-7-16(21)17(22)19-10-15-11-24-13(2)20-15/h3,5-6,9,11,16H,4,7-8,10H2,1-2H3,(H,19,22). The second-order valence-electron chi connectivity index (χ2n) is 6.10. The van der Waals surface area contributed by atoms with Crippen molar-refractivity contribution in [1.29, 1.82) is 0 Å². The van der Waals surface area contributed by atoms with Crippen molar-refractivity contribution in [3.63, 3.8) is 0 Å². The van der Waals surface area contributed by atoms with Crippen LogP contribution in [0.1, 0.15) is 39.5 Å². The zero-order chi connectivity index (χ0) is 17.1. The first kappa shape index (κ1) is 16.6. The Kier molecular flexibility index (Phi) is 4.94. The molecule has 1 aromatic carbocycles. The minimum Gasteiger partial charge on any atom is -0.349 e. The molecule has 0 bridgehead atoms. The van der Waals surface area contributed by atoms with E-state index in [1.165, 1.54) is 0 Å². The van der Waals surface area contributed by atoms with Crippen molar-refractivity contribution in [2.24, 2.45) is 0 Å². The molecule has 1 aromatic heterocycles. The van der Waals surface area contributed by atoms with Gasteiger partial charge in [0.15, 0.2) is 0 Å². The minimum absolute atomic E-state index is 0.0687. The number of thiazole rings is 1. The highest BCUT2D eigenvalue weighted by Crippen LogP contribution is 2.21. The maximum absolute atomic E-state index is 12.7. The molecule has 24 heavy (non-hydrogen) atoms. The number of rotatable bonds is 4. The molecule has 0 saturated carbocycles. The molecule has 126 valence electrons. The molecule has 1 N–H and O–H groups in total. The largest absolute Gasteiger partial charge is 0.349 e. The van der Waals surface area contributed by atoms with Crippen molar-refractivity contribution in [2.75, 3.05) is 6.54 Å². The van der Waals surface area contributed by atoms with Crippen LogP contribution in [0.2, 0.25) is 0 Å². The van der Waals surface area contributed by atoms with Crippen LogP contribution in [0.15, 0.2) is 29.6 Å². The highest BCUT2D eigenvalue weighted by Gasteiger charge is 2.34. The van der Waals surface area contributed by atoms with Crippen molar-refractivity contribution >= 4 is 23.2 Å². The summed E-state index contributed by atoms with van der Waals surface area (Å²) in [6, 6.07) is 7.12. The van der Waals surface area contributed by atoms with E-state index in [-0.39, 0.29) is 11.8 Å². The number of nitrogens with one attached hydrogen (secondary N) is 1. The normalized spacial score (nSPS) is 17.1. The second-order valence-corrected chi connectivity index (χ2v) is 7.16. The van der Waals surface area contributed by atoms with Crippen molar-refractivity contribution in [2.45, 2.75) is 39.3 Å². The van der Waals surface area contributed by atoms with E-state index in [1.54, 1.807) is 22.3 Å². The van der Waals surface area contributed by atoms with E-state index >= 15 is 0 Å². The first-order chi connectivity index (χ1) is 11.5. The average Bonchev–Trinajstić information content (AvgIpc) is 3.21. The van der Waals surface area contributed by atoms with Gasteiger partial charge in [0.2, 0.25) is 5.91 Å². The Bertz CT molecular complexity index is 756. The van der Waals surface area contributed by atoms with Crippen LogP contribution in [-0.2, 0) is 11.3 Å². The van der Waals surface area contributed by atoms with Crippen LogP contribution in [0.5, 0.6) is 0 Å². The molecule has 6 heteroatoms. The van der Waals surface area contributed by atoms with Gasteiger partial charge in [-0.05, 0) is 38.8 Å². The SMILES string of the molecule is Cc1cccc(C(=O)N2CCCC2C(=O)NCc2csc(C)n2)c1. The average molecular weight is 343 g/mol. The zero-order valence-electron chi connectivity index (χ0n) is 13.9. The van der Waals surface area contributed by atoms with E-state index in [0.29, 0.717) is 25.1 Å². The molecule has 1 aliphatic heterocycles. The Hall–Kier alpha value is -2.21. The molecule has 1 atom stereocenters. The van der Waals surface area contributed by atoms with Gasteiger partial charge in [-0.15, -0.1) is 11.3 Å². The van der Waals surface area contributed by atoms with Crippen LogP contribution in [0.4, 0.5) is 0 Å². The molecule has 3 rings (SSSR count). The monoisotopic (exact) mass is 343 g/mol. The van der Waals surface area contributed by atoms with E-state index in [0.717, 1.165) is 22.7 Å². The fraction of sp³-hybridized carbons (Fsp3) is 0.389. The van der Waals surface area contributed by atoms with Gasteiger partial charge in [-0.1, -0.05) is 17.7 Å². The summed E-state index contributed by atoms with van der Waals surface area (Å²) < 4.78 is 0. The third-order valence-electron chi connectivity index (χ3n) is 4.19. The summed E-state index contributed by atoms with van der Waals surface area (Å²) in [5, 5.41) is 5.84. The number of carbonyl (C=O) groups excluding carboxylic acids is 2. The maximum atomic E-state index is 12.7. The van der Waals surface area contributed by atoms with Crippen molar-refractivity contribution < 1.29 is 9.59 Å². The van der Waals surface area contributed by atoms with Gasteiger partial charge in [0.1, 0.15) is 6.04 Å². The maximum Gasteiger partial charge on any atom is 0.254 e. The van der Waals surface area contributed by atoms with E-state index in [9.17, 15) is 9.59 Å². The van der Waals surface area contributed by atoms with Crippen LogP contribution in [-0.4, -0.2) is 34.3 Å². The summed E-state index contributed by atoms with van der Waals surface area (Å²) in [7, 11) is 0. The molecule has 1 aliphatic rings. The summed E-state index contributed by atoms with van der Waals surface area (Å²) in [6.45, 7) is 4.93. The number of benzene rings is 1. The first-order valence-electron chi connectivity index (χ1n) is 8.11. The predicted octanol–water partition coefficient (Wildman–Crippen LogP) is 2.68. The molecular weight excluding hydrogens is 322 g/mol. The predicted molar refractivity (Wildman–Crippen MR) is 93.9 cm³/mol. The molecule has 2 amide bonds. The number of carbonyl (C=O) groups is 2. The molecule has 5 nitrogen and oxygen atoms in total. The van der Waals surface area contributed by atoms with Gasteiger partial charge >= 0.3 is 0 Å². The van der Waals surface area contributed by atoms with Crippen molar-refractivity contribution in [1.82, 2.24) is 15.2 Å². The van der Waals surface area contributed by atoms with Crippen LogP contribution in [0, 0.1) is 13.8 Å². The number of likely N-dealkylation sites (tertiary alicyclic amines) is 1. The molecule has 1 saturated heterocycles. The van der Waals surface area contributed by atoms with Gasteiger partial charge in [-0.2, -0.15) is 0 Å². The number of hydrogen-bond donors (Lipinski definition) is 1. The number of aromatic nitrogens is 1. The van der Waals surface area contributed by atoms with E-state index in [2.05, 4.69) is 10.3 Å². The smallest absolute Gasteiger partial charge is 0.254 e. The number of hydrogen-bond acceptors (Lipinski definition) is 4. The van der Waals surface area contributed by atoms with Crippen LogP contribution in [0.3, 0.4) is 0 Å². The third kappa shape index (κ3) is 3.64. The van der Waals surface area contributed by atoms with Crippen molar-refractivity contribution in [3.8, 4) is 0 Å². The Morgan fingerprint density at radius 2 is 2.21 bits per heavy atom. The lowest BCUT2D eigenvalue weighted by atomic mass is 10.1. The Labute approximate surface area is 145 Å². The lowest BCUT2D eigenvalue weighted by molar-refractivity contribution is -0.125. The highest BCUT2D eigenvalue weighted by molar-refractivity contribution is 7.09. The molecule has 0 spiro atoms. The molecule has 1 unspecified atom stereocenters. The molecule has 1 fully saturated rings. The number of nitrogens with zero attached hydrogens (tertiary/aromatic N) is 2. The van der Waals surface area contributed by atoms with Gasteiger partial charge in [-0.3, -0.25) is 9.59 Å². The molecule has 2 aromatic rings. The van der Waals surface area contributed by atoms with Gasteiger partial charge < -0.3 is 10.2 Å². The van der Waals surface area contributed by atoms with Crippen LogP contribution >= 0.6 is 11.3 Å². The quantitative estimate of drug-likeness (QED) is 0.928. The number of aryl methyl sites for hydroxylation is 2. The third-order valence-corrected chi connectivity index (χ3v) is 5.01. The Balaban J connectivity index is 1.66. The molecule has 2 heterocycles. The first-order valence-corrected chi connectivity index (χ1v) is 8.99. The summed E-state index contributed by atoms with van der Waals surface area (Å²) in [4.78, 5) is 31.3. The van der Waals surface area contributed by atoms with Crippen LogP contribution < -0.4 is 5.32 Å². The second kappa shape index (κ2) is 7.13. The van der Waals surface area contributed by atoms with Gasteiger partial charge in [-0.25, -0.2) is 4.98 Å². The minimum atomic E-state index is -0.391. The molecular formula is C18H21N3O2S. The van der Waals surface area contributed by atoms with Gasteiger partial charge in [0.05, 0.1) is 17.2 Å². The fourth-order valence-electron chi connectivity index (χ4n) is 3.01. The summed E-state index contributed by atoms with van der Waals surface area (Å²) in [5.41, 5.74) is 2.55. The summed E-state index contributed by atoms with van der Waals surface area (Å²) in [6.07, 6.45) is 1.56. The van der Waals surface area contributed by atoms with Crippen molar-refractivity contribution in [3.05, 3.63) is 51.5 Å². The van der Waals surface area contributed by atoms with E-state index in [1.807, 2.05) is 37.4 Å². The highest BCUT2D eigenvalue weighted by atomic mass is 32.1. The Morgan fingerprint density at radius 3 is 2.92 bits per heavy atom. The summed E-state index contributed by atoms with van der Waals surface area (Å²) in [5.74, 6) is -0.167. The number of amides is 2. The molecule has 0 radical (unpaired) electrons. The lowest BCUT2D eigenvalue weighted by Gasteiger charge is -2.24. The van der Waals surface area contributed by atoms with E-state index in [4.69, 9.17) is 0 Å². The zero-order valence-corrected chi connectivity index (χ0v) is 14.7. The topological polar surface area (TPSA) is 62.3 Å². The van der Waals surface area contributed by atoms with Gasteiger partial charge in [0.25, 0.3) is 5.91 Å². The van der Waals surface area contributed by atoms with E-state index < -0.39 is 6.04 Å². The van der Waals surface area contributed by atoms with Crippen LogP contribution in [0.25, 0.3) is 0 Å². The fourth-order valence-corrected chi connectivity index (χ4v) is 3.62. The van der Waals surface area contributed by atoms with Gasteiger partial charge in [0, 0.05) is 17.5 Å². The Morgan fingerprint density at radius 1 is 1.38 bits per heavy atom.